The van der Waals surface area contributed by atoms with E-state index in [9.17, 15) is 4.79 Å². The fourth-order valence-electron chi connectivity index (χ4n) is 3.09. The number of hydrogen-bond donors (Lipinski definition) is 1. The molecule has 1 amide bonds. The highest BCUT2D eigenvalue weighted by Gasteiger charge is 2.27. The molecule has 1 aromatic rings. The summed E-state index contributed by atoms with van der Waals surface area (Å²) in [5.74, 6) is 7.08. The molecule has 1 aliphatic heterocycles. The molecular formula is C18H24N2O. The van der Waals surface area contributed by atoms with E-state index >= 15 is 0 Å². The Morgan fingerprint density at radius 1 is 1.33 bits per heavy atom. The van der Waals surface area contributed by atoms with Crippen molar-refractivity contribution in [2.75, 3.05) is 19.6 Å². The van der Waals surface area contributed by atoms with Crippen LogP contribution in [0, 0.1) is 30.6 Å². The Hall–Kier alpha value is -1.79. The Morgan fingerprint density at radius 3 is 2.62 bits per heavy atom. The van der Waals surface area contributed by atoms with Crippen LogP contribution in [0.4, 0.5) is 0 Å². The zero-order chi connectivity index (χ0) is 15.4. The summed E-state index contributed by atoms with van der Waals surface area (Å²) in [6.45, 7) is 8.39. The van der Waals surface area contributed by atoms with Crippen LogP contribution >= 0.6 is 0 Å². The van der Waals surface area contributed by atoms with Crippen molar-refractivity contribution in [3.8, 4) is 11.8 Å². The molecule has 0 aromatic heterocycles. The van der Waals surface area contributed by atoms with Crippen LogP contribution in [0.5, 0.6) is 0 Å². The van der Waals surface area contributed by atoms with Crippen molar-refractivity contribution in [2.24, 2.45) is 17.6 Å². The molecule has 2 unspecified atom stereocenters. The number of rotatable bonds is 1. The van der Waals surface area contributed by atoms with Gasteiger partial charge in [0.2, 0.25) is 0 Å². The highest BCUT2D eigenvalue weighted by atomic mass is 16.2. The van der Waals surface area contributed by atoms with Gasteiger partial charge < -0.3 is 10.6 Å². The third-order valence-corrected chi connectivity index (χ3v) is 3.89. The third kappa shape index (κ3) is 3.86. The molecule has 2 atom stereocenters. The van der Waals surface area contributed by atoms with E-state index in [2.05, 4.69) is 25.7 Å². The lowest BCUT2D eigenvalue weighted by Crippen LogP contribution is -2.42. The minimum absolute atomic E-state index is 0.0958. The normalized spacial score (nSPS) is 21.6. The summed E-state index contributed by atoms with van der Waals surface area (Å²) in [7, 11) is 0. The van der Waals surface area contributed by atoms with Crippen LogP contribution < -0.4 is 5.73 Å². The Balaban J connectivity index is 2.31. The van der Waals surface area contributed by atoms with E-state index < -0.39 is 0 Å². The summed E-state index contributed by atoms with van der Waals surface area (Å²) in [6, 6.07) is 5.84. The largest absolute Gasteiger partial charge is 0.338 e. The zero-order valence-electron chi connectivity index (χ0n) is 13.1. The standard InChI is InChI=1S/C18H24N2O/c1-13-6-7-16(5-4-8-19)17(10-13)18(21)20-11-14(2)9-15(3)12-20/h6-7,10,14-15H,8-9,11-12,19H2,1-3H3. The monoisotopic (exact) mass is 284 g/mol. The number of carbonyl (C=O) groups is 1. The number of likely N-dealkylation sites (tertiary alicyclic amines) is 1. The van der Waals surface area contributed by atoms with Crippen LogP contribution in [0.1, 0.15) is 41.8 Å². The van der Waals surface area contributed by atoms with E-state index in [0.717, 1.165) is 24.2 Å². The summed E-state index contributed by atoms with van der Waals surface area (Å²) in [4.78, 5) is 14.8. The number of benzene rings is 1. The number of amides is 1. The van der Waals surface area contributed by atoms with E-state index in [1.54, 1.807) is 0 Å². The fraction of sp³-hybridized carbons (Fsp3) is 0.500. The summed E-state index contributed by atoms with van der Waals surface area (Å²) < 4.78 is 0. The lowest BCUT2D eigenvalue weighted by atomic mass is 9.91. The quantitative estimate of drug-likeness (QED) is 0.805. The molecular weight excluding hydrogens is 260 g/mol. The van der Waals surface area contributed by atoms with Gasteiger partial charge in [-0.1, -0.05) is 37.3 Å². The Morgan fingerprint density at radius 2 is 2.00 bits per heavy atom. The molecule has 112 valence electrons. The summed E-state index contributed by atoms with van der Waals surface area (Å²) in [5.41, 5.74) is 8.01. The highest BCUT2D eigenvalue weighted by Crippen LogP contribution is 2.23. The number of piperidine rings is 1. The van der Waals surface area contributed by atoms with E-state index in [-0.39, 0.29) is 5.91 Å². The molecule has 1 heterocycles. The van der Waals surface area contributed by atoms with Crippen molar-refractivity contribution in [1.29, 1.82) is 0 Å². The van der Waals surface area contributed by atoms with Crippen LogP contribution in [0.25, 0.3) is 0 Å². The lowest BCUT2D eigenvalue weighted by molar-refractivity contribution is 0.0623. The highest BCUT2D eigenvalue weighted by molar-refractivity contribution is 5.97. The molecule has 1 aliphatic rings. The van der Waals surface area contributed by atoms with Crippen LogP contribution in [0.3, 0.4) is 0 Å². The van der Waals surface area contributed by atoms with Crippen LogP contribution in [0.2, 0.25) is 0 Å². The minimum atomic E-state index is 0.0958. The first kappa shape index (κ1) is 15.6. The Labute approximate surface area is 127 Å². The van der Waals surface area contributed by atoms with Gasteiger partial charge in [0.15, 0.2) is 0 Å². The minimum Gasteiger partial charge on any atom is -0.338 e. The van der Waals surface area contributed by atoms with Crippen LogP contribution in [0.15, 0.2) is 18.2 Å². The summed E-state index contributed by atoms with van der Waals surface area (Å²) >= 11 is 0. The van der Waals surface area contributed by atoms with Gasteiger partial charge in [0.05, 0.1) is 12.1 Å². The van der Waals surface area contributed by atoms with Crippen molar-refractivity contribution >= 4 is 5.91 Å². The van der Waals surface area contributed by atoms with Gasteiger partial charge in [-0.05, 0) is 37.3 Å². The number of nitrogens with zero attached hydrogens (tertiary/aromatic N) is 1. The number of nitrogens with two attached hydrogens (primary N) is 1. The van der Waals surface area contributed by atoms with Crippen molar-refractivity contribution < 1.29 is 4.79 Å². The van der Waals surface area contributed by atoms with Gasteiger partial charge >= 0.3 is 0 Å². The molecule has 3 nitrogen and oxygen atoms in total. The predicted octanol–water partition coefficient (Wildman–Crippen LogP) is 2.42. The molecule has 0 spiro atoms. The van der Waals surface area contributed by atoms with Crippen molar-refractivity contribution in [1.82, 2.24) is 4.90 Å². The molecule has 2 rings (SSSR count). The smallest absolute Gasteiger partial charge is 0.255 e. The average Bonchev–Trinajstić information content (AvgIpc) is 2.44. The molecule has 0 saturated carbocycles. The Bertz CT molecular complexity index is 573. The maximum atomic E-state index is 12.9. The van der Waals surface area contributed by atoms with Gasteiger partial charge in [-0.2, -0.15) is 0 Å². The SMILES string of the molecule is Cc1ccc(C#CCN)c(C(=O)N2CC(C)CC(C)C2)c1. The lowest BCUT2D eigenvalue weighted by Gasteiger charge is -2.35. The molecule has 21 heavy (non-hydrogen) atoms. The molecule has 0 bridgehead atoms. The van der Waals surface area contributed by atoms with Crippen LogP contribution in [-0.4, -0.2) is 30.4 Å². The topological polar surface area (TPSA) is 46.3 Å². The van der Waals surface area contributed by atoms with Gasteiger partial charge in [-0.3, -0.25) is 4.79 Å². The number of hydrogen-bond acceptors (Lipinski definition) is 2. The first-order valence-corrected chi connectivity index (χ1v) is 7.60. The summed E-state index contributed by atoms with van der Waals surface area (Å²) in [5, 5.41) is 0. The van der Waals surface area contributed by atoms with Gasteiger partial charge in [0.25, 0.3) is 5.91 Å². The first-order valence-electron chi connectivity index (χ1n) is 7.60. The molecule has 1 fully saturated rings. The number of aryl methyl sites for hydroxylation is 1. The van der Waals surface area contributed by atoms with E-state index in [0.29, 0.717) is 23.9 Å². The molecule has 0 radical (unpaired) electrons. The summed E-state index contributed by atoms with van der Waals surface area (Å²) in [6.07, 6.45) is 1.19. The Kier molecular flexibility index (Phi) is 5.03. The predicted molar refractivity (Wildman–Crippen MR) is 86.0 cm³/mol. The maximum absolute atomic E-state index is 12.9. The van der Waals surface area contributed by atoms with Crippen molar-refractivity contribution in [2.45, 2.75) is 27.2 Å². The zero-order valence-corrected chi connectivity index (χ0v) is 13.1. The van der Waals surface area contributed by atoms with Gasteiger partial charge in [0.1, 0.15) is 0 Å². The molecule has 3 heteroatoms. The van der Waals surface area contributed by atoms with Crippen molar-refractivity contribution in [3.05, 3.63) is 34.9 Å². The fourth-order valence-corrected chi connectivity index (χ4v) is 3.09. The van der Waals surface area contributed by atoms with E-state index in [1.165, 1.54) is 6.42 Å². The third-order valence-electron chi connectivity index (χ3n) is 3.89. The van der Waals surface area contributed by atoms with Crippen LogP contribution in [-0.2, 0) is 0 Å². The van der Waals surface area contributed by atoms with Gasteiger partial charge in [0, 0.05) is 18.7 Å². The molecule has 2 N–H and O–H groups in total. The average molecular weight is 284 g/mol. The second kappa shape index (κ2) is 6.78. The van der Waals surface area contributed by atoms with Gasteiger partial charge in [-0.25, -0.2) is 0 Å². The maximum Gasteiger partial charge on any atom is 0.255 e. The molecule has 1 aromatic carbocycles. The van der Waals surface area contributed by atoms with Crippen molar-refractivity contribution in [3.63, 3.8) is 0 Å². The second-order valence-corrected chi connectivity index (χ2v) is 6.21. The number of carbonyl (C=O) groups excluding carboxylic acids is 1. The van der Waals surface area contributed by atoms with Gasteiger partial charge in [-0.15, -0.1) is 0 Å². The second-order valence-electron chi connectivity index (χ2n) is 6.21. The molecule has 1 saturated heterocycles. The first-order chi connectivity index (χ1) is 10.0. The van der Waals surface area contributed by atoms with E-state index in [4.69, 9.17) is 5.73 Å². The molecule has 0 aliphatic carbocycles. The van der Waals surface area contributed by atoms with E-state index in [1.807, 2.05) is 30.0 Å².